The number of nitrogens with zero attached hydrogens (tertiary/aromatic N) is 1. The fourth-order valence-electron chi connectivity index (χ4n) is 3.59. The first-order valence-electron chi connectivity index (χ1n) is 11.1. The summed E-state index contributed by atoms with van der Waals surface area (Å²) in [7, 11) is 3.17. The molecule has 0 aliphatic carbocycles. The van der Waals surface area contributed by atoms with Gasteiger partial charge in [0.15, 0.2) is 11.5 Å². The van der Waals surface area contributed by atoms with Crippen LogP contribution < -0.4 is 14.8 Å². The first kappa shape index (κ1) is 26.5. The Morgan fingerprint density at radius 2 is 1.61 bits per heavy atom. The molecule has 2 aromatic rings. The second kappa shape index (κ2) is 11.9. The fourth-order valence-corrected chi connectivity index (χ4v) is 3.72. The largest absolute Gasteiger partial charge is 0.493 e. The van der Waals surface area contributed by atoms with E-state index in [-0.39, 0.29) is 23.8 Å². The number of nitrogens with one attached hydrogen (secondary N) is 1. The third kappa shape index (κ3) is 7.97. The lowest BCUT2D eigenvalue weighted by Crippen LogP contribution is -2.53. The highest BCUT2D eigenvalue weighted by Crippen LogP contribution is 2.28. The van der Waals surface area contributed by atoms with Crippen LogP contribution in [-0.2, 0) is 22.6 Å². The molecule has 0 aromatic heterocycles. The van der Waals surface area contributed by atoms with Crippen LogP contribution in [-0.4, -0.2) is 42.5 Å². The molecule has 1 atom stereocenters. The molecule has 1 N–H and O–H groups in total. The van der Waals surface area contributed by atoms with Crippen molar-refractivity contribution in [2.75, 3.05) is 14.2 Å². The number of halogens is 1. The maximum Gasteiger partial charge on any atom is 0.243 e. The average molecular weight is 475 g/mol. The van der Waals surface area contributed by atoms with Crippen LogP contribution in [0.4, 0.5) is 0 Å². The second-order valence-corrected chi connectivity index (χ2v) is 9.44. The quantitative estimate of drug-likeness (QED) is 0.525. The summed E-state index contributed by atoms with van der Waals surface area (Å²) in [5.74, 6) is 1.02. The van der Waals surface area contributed by atoms with Crippen LogP contribution in [0.5, 0.6) is 11.5 Å². The van der Waals surface area contributed by atoms with Crippen molar-refractivity contribution in [2.45, 2.75) is 65.1 Å². The number of amides is 2. The van der Waals surface area contributed by atoms with Gasteiger partial charge in [0.1, 0.15) is 6.04 Å². The monoisotopic (exact) mass is 474 g/mol. The van der Waals surface area contributed by atoms with Gasteiger partial charge in [-0.25, -0.2) is 0 Å². The first-order valence-corrected chi connectivity index (χ1v) is 11.5. The third-order valence-corrected chi connectivity index (χ3v) is 5.48. The van der Waals surface area contributed by atoms with Crippen molar-refractivity contribution in [3.8, 4) is 11.5 Å². The molecule has 0 heterocycles. The molecule has 0 fully saturated rings. The minimum absolute atomic E-state index is 0.0874. The zero-order valence-corrected chi connectivity index (χ0v) is 21.2. The molecule has 0 saturated heterocycles. The van der Waals surface area contributed by atoms with Gasteiger partial charge in [-0.3, -0.25) is 9.59 Å². The predicted octanol–water partition coefficient (Wildman–Crippen LogP) is 5.01. The molecule has 6 nitrogen and oxygen atoms in total. The molecule has 0 spiro atoms. The van der Waals surface area contributed by atoms with E-state index in [1.807, 2.05) is 58.0 Å². The van der Waals surface area contributed by atoms with Crippen LogP contribution in [0.3, 0.4) is 0 Å². The Morgan fingerprint density at radius 1 is 1.00 bits per heavy atom. The maximum atomic E-state index is 13.4. The number of aryl methyl sites for hydroxylation is 1. The van der Waals surface area contributed by atoms with E-state index in [4.69, 9.17) is 21.1 Å². The standard InChI is InChI=1S/C26H35ClN2O4/c1-7-21(25(31)28-26(2,3)4)29(17-19-8-12-20(27)13-9-19)24(30)15-11-18-10-14-22(32-5)23(16-18)33-6/h8-10,12-14,16,21H,7,11,15,17H2,1-6H3,(H,28,31)/t21-/m0/s1. The molecule has 0 radical (unpaired) electrons. The highest BCUT2D eigenvalue weighted by molar-refractivity contribution is 6.30. The molecule has 0 unspecified atom stereocenters. The van der Waals surface area contributed by atoms with E-state index < -0.39 is 6.04 Å². The molecule has 2 aromatic carbocycles. The normalized spacial score (nSPS) is 12.1. The van der Waals surface area contributed by atoms with Gasteiger partial charge in [-0.2, -0.15) is 0 Å². The first-order chi connectivity index (χ1) is 15.6. The van der Waals surface area contributed by atoms with Crippen LogP contribution in [0.15, 0.2) is 42.5 Å². The van der Waals surface area contributed by atoms with Gasteiger partial charge in [-0.15, -0.1) is 0 Å². The Balaban J connectivity index is 2.24. The number of carbonyl (C=O) groups excluding carboxylic acids is 2. The summed E-state index contributed by atoms with van der Waals surface area (Å²) in [6.07, 6.45) is 1.30. The molecule has 0 aliphatic rings. The van der Waals surface area contributed by atoms with E-state index in [1.54, 1.807) is 31.3 Å². The number of hydrogen-bond donors (Lipinski definition) is 1. The highest BCUT2D eigenvalue weighted by Gasteiger charge is 2.30. The van der Waals surface area contributed by atoms with Crippen molar-refractivity contribution in [2.24, 2.45) is 0 Å². The lowest BCUT2D eigenvalue weighted by molar-refractivity contribution is -0.142. The summed E-state index contributed by atoms with van der Waals surface area (Å²) in [5.41, 5.74) is 1.49. The second-order valence-electron chi connectivity index (χ2n) is 9.00. The zero-order chi connectivity index (χ0) is 24.6. The number of rotatable bonds is 10. The van der Waals surface area contributed by atoms with Crippen LogP contribution in [0.2, 0.25) is 5.02 Å². The van der Waals surface area contributed by atoms with Crippen molar-refractivity contribution in [3.05, 3.63) is 58.6 Å². The molecular weight excluding hydrogens is 440 g/mol. The Hall–Kier alpha value is -2.73. The smallest absolute Gasteiger partial charge is 0.243 e. The van der Waals surface area contributed by atoms with E-state index >= 15 is 0 Å². The number of ether oxygens (including phenoxy) is 2. The van der Waals surface area contributed by atoms with E-state index in [0.717, 1.165) is 11.1 Å². The summed E-state index contributed by atoms with van der Waals surface area (Å²) in [6, 6.07) is 12.4. The molecular formula is C26H35ClN2O4. The van der Waals surface area contributed by atoms with Gasteiger partial charge in [0.05, 0.1) is 14.2 Å². The van der Waals surface area contributed by atoms with Crippen molar-refractivity contribution in [1.82, 2.24) is 10.2 Å². The zero-order valence-electron chi connectivity index (χ0n) is 20.4. The van der Waals surface area contributed by atoms with Gasteiger partial charge >= 0.3 is 0 Å². The van der Waals surface area contributed by atoms with Crippen molar-refractivity contribution in [3.63, 3.8) is 0 Å². The number of methoxy groups -OCH3 is 2. The van der Waals surface area contributed by atoms with Crippen molar-refractivity contribution < 1.29 is 19.1 Å². The third-order valence-electron chi connectivity index (χ3n) is 5.23. The molecule has 7 heteroatoms. The van der Waals surface area contributed by atoms with Crippen molar-refractivity contribution in [1.29, 1.82) is 0 Å². The van der Waals surface area contributed by atoms with Crippen LogP contribution in [0, 0.1) is 0 Å². The van der Waals surface area contributed by atoms with E-state index in [2.05, 4.69) is 5.32 Å². The maximum absolute atomic E-state index is 13.4. The minimum atomic E-state index is -0.571. The summed E-state index contributed by atoms with van der Waals surface area (Å²) < 4.78 is 10.7. The Kier molecular flexibility index (Phi) is 9.59. The van der Waals surface area contributed by atoms with E-state index in [0.29, 0.717) is 35.9 Å². The topological polar surface area (TPSA) is 67.9 Å². The minimum Gasteiger partial charge on any atom is -0.493 e. The van der Waals surface area contributed by atoms with Crippen LogP contribution in [0.25, 0.3) is 0 Å². The summed E-state index contributed by atoms with van der Waals surface area (Å²) in [4.78, 5) is 28.1. The summed E-state index contributed by atoms with van der Waals surface area (Å²) in [6.45, 7) is 8.04. The fraction of sp³-hybridized carbons (Fsp3) is 0.462. The Morgan fingerprint density at radius 3 is 2.15 bits per heavy atom. The van der Waals surface area contributed by atoms with Gasteiger partial charge in [0, 0.05) is 23.5 Å². The van der Waals surface area contributed by atoms with Gasteiger partial charge < -0.3 is 19.7 Å². The molecule has 180 valence electrons. The molecule has 0 aliphatic heterocycles. The molecule has 0 bridgehead atoms. The average Bonchev–Trinajstić information content (AvgIpc) is 2.77. The van der Waals surface area contributed by atoms with Gasteiger partial charge in [0.25, 0.3) is 0 Å². The molecule has 33 heavy (non-hydrogen) atoms. The van der Waals surface area contributed by atoms with E-state index in [1.165, 1.54) is 0 Å². The van der Waals surface area contributed by atoms with Crippen LogP contribution >= 0.6 is 11.6 Å². The number of hydrogen-bond acceptors (Lipinski definition) is 4. The highest BCUT2D eigenvalue weighted by atomic mass is 35.5. The Bertz CT molecular complexity index is 938. The molecule has 2 rings (SSSR count). The molecule has 2 amide bonds. The summed E-state index contributed by atoms with van der Waals surface area (Å²) >= 11 is 6.02. The number of benzene rings is 2. The van der Waals surface area contributed by atoms with Gasteiger partial charge in [-0.05, 0) is 69.0 Å². The summed E-state index contributed by atoms with van der Waals surface area (Å²) in [5, 5.41) is 3.64. The van der Waals surface area contributed by atoms with Crippen molar-refractivity contribution >= 4 is 23.4 Å². The van der Waals surface area contributed by atoms with E-state index in [9.17, 15) is 9.59 Å². The SMILES string of the molecule is CC[C@@H](C(=O)NC(C)(C)C)N(Cc1ccc(Cl)cc1)C(=O)CCc1ccc(OC)c(OC)c1. The lowest BCUT2D eigenvalue weighted by Gasteiger charge is -2.33. The lowest BCUT2D eigenvalue weighted by atomic mass is 10.0. The predicted molar refractivity (Wildman–Crippen MR) is 132 cm³/mol. The van der Waals surface area contributed by atoms with Gasteiger partial charge in [-0.1, -0.05) is 36.7 Å². The molecule has 0 saturated carbocycles. The van der Waals surface area contributed by atoms with Gasteiger partial charge in [0.2, 0.25) is 11.8 Å². The number of carbonyl (C=O) groups is 2. The Labute approximate surface area is 202 Å². The van der Waals surface area contributed by atoms with Crippen LogP contribution in [0.1, 0.15) is 51.7 Å².